The lowest BCUT2D eigenvalue weighted by atomic mass is 10.2. The predicted molar refractivity (Wildman–Crippen MR) is 114 cm³/mol. The van der Waals surface area contributed by atoms with Gasteiger partial charge in [0.15, 0.2) is 16.3 Å². The molecule has 2 aliphatic rings. The van der Waals surface area contributed by atoms with Gasteiger partial charge in [0.1, 0.15) is 10.3 Å². The number of thiophene rings is 1. The third-order valence-corrected chi connectivity index (χ3v) is 9.81. The smallest absolute Gasteiger partial charge is 0.266 e. The molecule has 4 heterocycles. The Hall–Kier alpha value is -1.92. The maximum atomic E-state index is 13.0. The number of nitrogens with zero attached hydrogens (tertiary/aromatic N) is 3. The van der Waals surface area contributed by atoms with Crippen molar-refractivity contribution in [3.05, 3.63) is 33.4 Å². The van der Waals surface area contributed by atoms with Crippen LogP contribution in [0.4, 0.5) is 0 Å². The number of thiazole rings is 1. The maximum Gasteiger partial charge on any atom is 0.266 e. The second-order valence-electron chi connectivity index (χ2n) is 6.90. The van der Waals surface area contributed by atoms with E-state index in [2.05, 4.69) is 4.99 Å². The third-order valence-electron chi connectivity index (χ3n) is 5.11. The molecule has 1 atom stereocenters. The third kappa shape index (κ3) is 3.25. The number of carbonyl (C=O) groups excluding carboxylic acids is 1. The van der Waals surface area contributed by atoms with E-state index in [9.17, 15) is 13.2 Å². The Kier molecular flexibility index (Phi) is 4.90. The number of rotatable bonds is 3. The second-order valence-corrected chi connectivity index (χ2v) is 11.7. The Balaban J connectivity index is 1.50. The molecule has 0 radical (unpaired) electrons. The number of carbonyl (C=O) groups is 1. The molecule has 0 saturated carbocycles. The van der Waals surface area contributed by atoms with Crippen LogP contribution in [0.1, 0.15) is 12.8 Å². The molecule has 1 saturated heterocycles. The number of aryl methyl sites for hydroxylation is 1. The summed E-state index contributed by atoms with van der Waals surface area (Å²) in [6, 6.07) is 5.90. The van der Waals surface area contributed by atoms with Crippen LogP contribution in [0.25, 0.3) is 10.2 Å². The Morgan fingerprint density at radius 3 is 2.73 bits per heavy atom. The van der Waals surface area contributed by atoms with Crippen molar-refractivity contribution in [3.8, 4) is 11.5 Å². The van der Waals surface area contributed by atoms with Gasteiger partial charge >= 0.3 is 0 Å². The molecule has 12 heteroatoms. The van der Waals surface area contributed by atoms with Crippen molar-refractivity contribution in [1.82, 2.24) is 8.87 Å². The summed E-state index contributed by atoms with van der Waals surface area (Å²) >= 11 is 8.23. The molecule has 0 spiro atoms. The lowest BCUT2D eigenvalue weighted by Crippen LogP contribution is -2.40. The number of halogens is 1. The number of fused-ring (bicyclic) bond motifs is 2. The van der Waals surface area contributed by atoms with E-state index in [0.29, 0.717) is 33.5 Å². The molecule has 8 nitrogen and oxygen atoms in total. The van der Waals surface area contributed by atoms with Crippen LogP contribution in [0.2, 0.25) is 4.34 Å². The molecule has 1 aromatic carbocycles. The first-order chi connectivity index (χ1) is 14.3. The van der Waals surface area contributed by atoms with Crippen LogP contribution < -0.4 is 14.3 Å². The first kappa shape index (κ1) is 20.0. The number of hydrogen-bond acceptors (Lipinski definition) is 7. The molecule has 0 aliphatic carbocycles. The molecule has 1 fully saturated rings. The first-order valence-corrected chi connectivity index (χ1v) is 12.5. The number of aromatic nitrogens is 1. The van der Waals surface area contributed by atoms with E-state index in [1.54, 1.807) is 10.6 Å². The van der Waals surface area contributed by atoms with Gasteiger partial charge in [-0.05, 0) is 25.0 Å². The van der Waals surface area contributed by atoms with E-state index in [-0.39, 0.29) is 17.5 Å². The summed E-state index contributed by atoms with van der Waals surface area (Å²) in [5, 5.41) is 0. The van der Waals surface area contributed by atoms with E-state index in [1.807, 2.05) is 19.2 Å². The predicted octanol–water partition coefficient (Wildman–Crippen LogP) is 2.96. The lowest BCUT2D eigenvalue weighted by molar-refractivity contribution is -0.121. The largest absolute Gasteiger partial charge is 0.454 e. The molecule has 2 aromatic heterocycles. The van der Waals surface area contributed by atoms with Gasteiger partial charge in [-0.15, -0.1) is 11.3 Å². The van der Waals surface area contributed by atoms with Gasteiger partial charge in [-0.25, -0.2) is 8.42 Å². The molecule has 0 bridgehead atoms. The summed E-state index contributed by atoms with van der Waals surface area (Å²) in [4.78, 5) is 17.8. The highest BCUT2D eigenvalue weighted by Gasteiger charge is 2.40. The quantitative estimate of drug-likeness (QED) is 0.569. The van der Waals surface area contributed by atoms with Crippen molar-refractivity contribution in [1.29, 1.82) is 0 Å². The maximum absolute atomic E-state index is 13.0. The fourth-order valence-corrected chi connectivity index (χ4v) is 7.92. The van der Waals surface area contributed by atoms with E-state index in [1.165, 1.54) is 21.7 Å². The van der Waals surface area contributed by atoms with Crippen LogP contribution >= 0.6 is 34.3 Å². The summed E-state index contributed by atoms with van der Waals surface area (Å²) in [6.45, 7) is 0.469. The number of amides is 1. The summed E-state index contributed by atoms with van der Waals surface area (Å²) < 4.78 is 41.3. The Morgan fingerprint density at radius 1 is 1.23 bits per heavy atom. The van der Waals surface area contributed by atoms with Crippen molar-refractivity contribution >= 4 is 60.4 Å². The van der Waals surface area contributed by atoms with Crippen molar-refractivity contribution in [2.45, 2.75) is 23.1 Å². The molecule has 1 unspecified atom stereocenters. The normalized spacial score (nSPS) is 19.8. The van der Waals surface area contributed by atoms with Gasteiger partial charge in [-0.2, -0.15) is 9.30 Å². The highest BCUT2D eigenvalue weighted by molar-refractivity contribution is 7.91. The molecule has 30 heavy (non-hydrogen) atoms. The van der Waals surface area contributed by atoms with Crippen LogP contribution in [-0.2, 0) is 21.9 Å². The van der Waals surface area contributed by atoms with Gasteiger partial charge < -0.3 is 14.0 Å². The van der Waals surface area contributed by atoms with Crippen molar-refractivity contribution in [3.63, 3.8) is 0 Å². The summed E-state index contributed by atoms with van der Waals surface area (Å²) in [6.07, 6.45) is 1.04. The van der Waals surface area contributed by atoms with Crippen molar-refractivity contribution in [2.75, 3.05) is 13.3 Å². The number of hydrogen-bond donors (Lipinski definition) is 0. The van der Waals surface area contributed by atoms with Crippen molar-refractivity contribution < 1.29 is 22.7 Å². The monoisotopic (exact) mass is 485 g/mol. The van der Waals surface area contributed by atoms with Crippen LogP contribution in [0.15, 0.2) is 33.5 Å². The van der Waals surface area contributed by atoms with Crippen LogP contribution in [0, 0.1) is 0 Å². The Bertz CT molecular complexity index is 1340. The first-order valence-electron chi connectivity index (χ1n) is 9.09. The average Bonchev–Trinajstić information content (AvgIpc) is 3.48. The molecule has 0 N–H and O–H groups in total. The van der Waals surface area contributed by atoms with E-state index >= 15 is 0 Å². The Labute approximate surface area is 185 Å². The second kappa shape index (κ2) is 7.34. The zero-order valence-electron chi connectivity index (χ0n) is 15.7. The summed E-state index contributed by atoms with van der Waals surface area (Å²) in [7, 11) is -1.99. The highest BCUT2D eigenvalue weighted by atomic mass is 35.5. The zero-order valence-corrected chi connectivity index (χ0v) is 18.9. The fraction of sp³-hybridized carbons (Fsp3) is 0.333. The van der Waals surface area contributed by atoms with Gasteiger partial charge in [-0.3, -0.25) is 4.79 Å². The SMILES string of the molecule is Cn1c(=NC(=O)C2CCCN2S(=O)(=O)c2ccc(Cl)s2)sc2cc3c(cc21)OCO3. The number of ether oxygens (including phenoxy) is 2. The highest BCUT2D eigenvalue weighted by Crippen LogP contribution is 2.37. The van der Waals surface area contributed by atoms with Crippen LogP contribution in [0.3, 0.4) is 0 Å². The van der Waals surface area contributed by atoms with Crippen LogP contribution in [0.5, 0.6) is 11.5 Å². The molecular formula is C18H16ClN3O5S3. The van der Waals surface area contributed by atoms with Crippen LogP contribution in [-0.4, -0.2) is 42.6 Å². The minimum absolute atomic E-state index is 0.133. The molecule has 3 aromatic rings. The summed E-state index contributed by atoms with van der Waals surface area (Å²) in [5.41, 5.74) is 0.861. The minimum atomic E-state index is -3.80. The van der Waals surface area contributed by atoms with Gasteiger partial charge in [0, 0.05) is 25.7 Å². The zero-order chi connectivity index (χ0) is 21.0. The van der Waals surface area contributed by atoms with Crippen molar-refractivity contribution in [2.24, 2.45) is 12.0 Å². The van der Waals surface area contributed by atoms with E-state index in [0.717, 1.165) is 21.6 Å². The summed E-state index contributed by atoms with van der Waals surface area (Å²) in [5.74, 6) is 0.835. The fourth-order valence-electron chi connectivity index (χ4n) is 3.62. The molecule has 1 amide bonds. The van der Waals surface area contributed by atoms with Gasteiger partial charge in [0.25, 0.3) is 15.9 Å². The molecule has 2 aliphatic heterocycles. The minimum Gasteiger partial charge on any atom is -0.454 e. The number of benzene rings is 1. The molecule has 5 rings (SSSR count). The number of sulfonamides is 1. The van der Waals surface area contributed by atoms with Gasteiger partial charge in [-0.1, -0.05) is 22.9 Å². The molecular weight excluding hydrogens is 470 g/mol. The van der Waals surface area contributed by atoms with Gasteiger partial charge in [0.05, 0.1) is 14.6 Å². The topological polar surface area (TPSA) is 90.2 Å². The molecule has 158 valence electrons. The van der Waals surface area contributed by atoms with Gasteiger partial charge in [0.2, 0.25) is 6.79 Å². The van der Waals surface area contributed by atoms with E-state index in [4.69, 9.17) is 21.1 Å². The van der Waals surface area contributed by atoms with E-state index < -0.39 is 22.0 Å². The lowest BCUT2D eigenvalue weighted by Gasteiger charge is -2.20. The Morgan fingerprint density at radius 2 is 2.00 bits per heavy atom. The average molecular weight is 486 g/mol. The standard InChI is InChI=1S/C18H16ClN3O5S3/c1-21-11-7-12-13(27-9-26-12)8-14(11)28-18(21)20-17(23)10-3-2-6-22(10)30(24,25)16-5-4-15(19)29-16/h4-5,7-8,10H,2-3,6,9H2,1H3.